The van der Waals surface area contributed by atoms with Crippen LogP contribution in [-0.2, 0) is 16.8 Å². The molecule has 2 aromatic rings. The van der Waals surface area contributed by atoms with Crippen molar-refractivity contribution >= 4 is 5.97 Å². The summed E-state index contributed by atoms with van der Waals surface area (Å²) in [6.45, 7) is 3.70. The molecular weight excluding hydrogens is 256 g/mol. The molecule has 0 aliphatic rings. The van der Waals surface area contributed by atoms with E-state index in [1.165, 1.54) is 18.7 Å². The van der Waals surface area contributed by atoms with Gasteiger partial charge in [-0.2, -0.15) is 0 Å². The minimum absolute atomic E-state index is 0.0768. The third-order valence-corrected chi connectivity index (χ3v) is 3.40. The number of carbonyl (C=O) groups excluding carboxylic acids is 1. The summed E-state index contributed by atoms with van der Waals surface area (Å²) < 4.78 is 9.97. The van der Waals surface area contributed by atoms with Gasteiger partial charge < -0.3 is 14.3 Å². The van der Waals surface area contributed by atoms with Crippen molar-refractivity contribution in [1.29, 1.82) is 0 Å². The Hall–Kier alpha value is -2.07. The van der Waals surface area contributed by atoms with E-state index >= 15 is 0 Å². The van der Waals surface area contributed by atoms with E-state index in [-0.39, 0.29) is 5.76 Å². The van der Waals surface area contributed by atoms with Crippen LogP contribution in [0.25, 0.3) is 0 Å². The molecule has 1 unspecified atom stereocenters. The summed E-state index contributed by atoms with van der Waals surface area (Å²) in [6.07, 6.45) is 0.940. The summed E-state index contributed by atoms with van der Waals surface area (Å²) >= 11 is 0. The number of aliphatic hydroxyl groups is 1. The van der Waals surface area contributed by atoms with Gasteiger partial charge in [-0.1, -0.05) is 31.2 Å². The van der Waals surface area contributed by atoms with Gasteiger partial charge in [-0.05, 0) is 36.6 Å². The molecule has 2 rings (SSSR count). The third-order valence-electron chi connectivity index (χ3n) is 3.40. The molecule has 0 saturated heterocycles. The van der Waals surface area contributed by atoms with E-state index in [1.807, 2.05) is 24.3 Å². The van der Waals surface area contributed by atoms with Crippen molar-refractivity contribution in [3.8, 4) is 0 Å². The minimum atomic E-state index is -1.29. The van der Waals surface area contributed by atoms with Crippen LogP contribution >= 0.6 is 0 Å². The Kier molecular flexibility index (Phi) is 3.95. The molecule has 0 bridgehead atoms. The summed E-state index contributed by atoms with van der Waals surface area (Å²) in [6, 6.07) is 10.7. The van der Waals surface area contributed by atoms with E-state index in [0.717, 1.165) is 6.42 Å². The Morgan fingerprint density at radius 3 is 2.45 bits per heavy atom. The SMILES string of the molecule is CCc1ccc(C(C)(O)c2ccc(C(=O)OC)o2)cc1. The normalized spacial score (nSPS) is 13.8. The summed E-state index contributed by atoms with van der Waals surface area (Å²) in [4.78, 5) is 11.4. The molecule has 4 nitrogen and oxygen atoms in total. The van der Waals surface area contributed by atoms with Gasteiger partial charge in [0.05, 0.1) is 7.11 Å². The van der Waals surface area contributed by atoms with Crippen LogP contribution in [-0.4, -0.2) is 18.2 Å². The lowest BCUT2D eigenvalue weighted by Gasteiger charge is -2.21. The quantitative estimate of drug-likeness (QED) is 0.871. The molecule has 0 spiro atoms. The third kappa shape index (κ3) is 2.60. The Labute approximate surface area is 118 Å². The van der Waals surface area contributed by atoms with Gasteiger partial charge in [-0.15, -0.1) is 0 Å². The first kappa shape index (κ1) is 14.3. The van der Waals surface area contributed by atoms with Gasteiger partial charge in [0.25, 0.3) is 0 Å². The van der Waals surface area contributed by atoms with Gasteiger partial charge in [0, 0.05) is 0 Å². The predicted octanol–water partition coefficient (Wildman–Crippen LogP) is 2.88. The first-order chi connectivity index (χ1) is 9.48. The molecule has 0 amide bonds. The van der Waals surface area contributed by atoms with Crippen molar-refractivity contribution in [3.05, 3.63) is 59.0 Å². The fraction of sp³-hybridized carbons (Fsp3) is 0.312. The van der Waals surface area contributed by atoms with Crippen molar-refractivity contribution < 1.29 is 19.1 Å². The second kappa shape index (κ2) is 5.51. The van der Waals surface area contributed by atoms with Gasteiger partial charge in [-0.3, -0.25) is 0 Å². The van der Waals surface area contributed by atoms with Gasteiger partial charge in [0.15, 0.2) is 0 Å². The second-order valence-corrected chi connectivity index (χ2v) is 4.78. The molecule has 0 fully saturated rings. The lowest BCUT2D eigenvalue weighted by molar-refractivity contribution is 0.0522. The number of hydrogen-bond acceptors (Lipinski definition) is 4. The molecule has 0 radical (unpaired) electrons. The number of furan rings is 1. The molecule has 0 aliphatic heterocycles. The van der Waals surface area contributed by atoms with Crippen molar-refractivity contribution in [3.63, 3.8) is 0 Å². The lowest BCUT2D eigenvalue weighted by Crippen LogP contribution is -2.22. The van der Waals surface area contributed by atoms with E-state index in [9.17, 15) is 9.90 Å². The Morgan fingerprint density at radius 2 is 1.90 bits per heavy atom. The van der Waals surface area contributed by atoms with Crippen molar-refractivity contribution in [2.45, 2.75) is 25.9 Å². The summed E-state index contributed by atoms with van der Waals surface area (Å²) in [7, 11) is 1.28. The molecule has 0 saturated carbocycles. The summed E-state index contributed by atoms with van der Waals surface area (Å²) in [5.74, 6) is -0.177. The maximum atomic E-state index is 11.4. The average molecular weight is 274 g/mol. The highest BCUT2D eigenvalue weighted by Gasteiger charge is 2.30. The fourth-order valence-electron chi connectivity index (χ4n) is 2.02. The van der Waals surface area contributed by atoms with Crippen LogP contribution < -0.4 is 0 Å². The number of benzene rings is 1. The van der Waals surface area contributed by atoms with E-state index in [0.29, 0.717) is 11.3 Å². The average Bonchev–Trinajstić information content (AvgIpc) is 2.97. The fourth-order valence-corrected chi connectivity index (χ4v) is 2.02. The number of rotatable bonds is 4. The largest absolute Gasteiger partial charge is 0.463 e. The number of carbonyl (C=O) groups is 1. The molecule has 1 N–H and O–H groups in total. The zero-order valence-electron chi connectivity index (χ0n) is 11.8. The first-order valence-electron chi connectivity index (χ1n) is 6.49. The van der Waals surface area contributed by atoms with Crippen molar-refractivity contribution in [2.75, 3.05) is 7.11 Å². The summed E-state index contributed by atoms with van der Waals surface area (Å²) in [5.41, 5.74) is 0.609. The van der Waals surface area contributed by atoms with E-state index < -0.39 is 11.6 Å². The monoisotopic (exact) mass is 274 g/mol. The second-order valence-electron chi connectivity index (χ2n) is 4.78. The van der Waals surface area contributed by atoms with Gasteiger partial charge in [0.1, 0.15) is 11.4 Å². The number of hydrogen-bond donors (Lipinski definition) is 1. The van der Waals surface area contributed by atoms with Crippen LogP contribution in [0.5, 0.6) is 0 Å². The van der Waals surface area contributed by atoms with Crippen molar-refractivity contribution in [1.82, 2.24) is 0 Å². The molecule has 0 aliphatic carbocycles. The molecule has 1 atom stereocenters. The zero-order valence-corrected chi connectivity index (χ0v) is 11.8. The van der Waals surface area contributed by atoms with E-state index in [2.05, 4.69) is 11.7 Å². The Bertz CT molecular complexity index is 593. The Morgan fingerprint density at radius 1 is 1.25 bits per heavy atom. The van der Waals surface area contributed by atoms with E-state index in [4.69, 9.17) is 4.42 Å². The first-order valence-corrected chi connectivity index (χ1v) is 6.49. The highest BCUT2D eigenvalue weighted by Crippen LogP contribution is 2.30. The standard InChI is InChI=1S/C16H18O4/c1-4-11-5-7-12(8-6-11)16(2,18)14-10-9-13(20-14)15(17)19-3/h5-10,18H,4H2,1-3H3. The highest BCUT2D eigenvalue weighted by molar-refractivity contribution is 5.86. The van der Waals surface area contributed by atoms with Crippen molar-refractivity contribution in [2.24, 2.45) is 0 Å². The molecular formula is C16H18O4. The number of aryl methyl sites for hydroxylation is 1. The molecule has 4 heteroatoms. The van der Waals surface area contributed by atoms with Gasteiger partial charge in [-0.25, -0.2) is 4.79 Å². The number of methoxy groups -OCH3 is 1. The molecule has 1 heterocycles. The molecule has 20 heavy (non-hydrogen) atoms. The maximum absolute atomic E-state index is 11.4. The van der Waals surface area contributed by atoms with Crippen LogP contribution in [0.3, 0.4) is 0 Å². The van der Waals surface area contributed by atoms with Crippen LogP contribution in [0.2, 0.25) is 0 Å². The number of ether oxygens (including phenoxy) is 1. The van der Waals surface area contributed by atoms with Crippen LogP contribution in [0, 0.1) is 0 Å². The maximum Gasteiger partial charge on any atom is 0.373 e. The smallest absolute Gasteiger partial charge is 0.373 e. The Balaban J connectivity index is 2.33. The van der Waals surface area contributed by atoms with Gasteiger partial charge >= 0.3 is 5.97 Å². The van der Waals surface area contributed by atoms with E-state index in [1.54, 1.807) is 13.0 Å². The topological polar surface area (TPSA) is 59.7 Å². The molecule has 1 aromatic heterocycles. The highest BCUT2D eigenvalue weighted by atomic mass is 16.5. The zero-order chi connectivity index (χ0) is 14.8. The van der Waals surface area contributed by atoms with Crippen LogP contribution in [0.15, 0.2) is 40.8 Å². The predicted molar refractivity (Wildman–Crippen MR) is 74.5 cm³/mol. The molecule has 1 aromatic carbocycles. The van der Waals surface area contributed by atoms with Crippen LogP contribution in [0.4, 0.5) is 0 Å². The number of esters is 1. The van der Waals surface area contributed by atoms with Crippen LogP contribution in [0.1, 0.15) is 41.3 Å². The minimum Gasteiger partial charge on any atom is -0.463 e. The lowest BCUT2D eigenvalue weighted by atomic mass is 9.92. The van der Waals surface area contributed by atoms with Gasteiger partial charge in [0.2, 0.25) is 5.76 Å². The molecule has 106 valence electrons. The summed E-state index contributed by atoms with van der Waals surface area (Å²) in [5, 5.41) is 10.6.